The Kier molecular flexibility index (Phi) is 2.68. The highest BCUT2D eigenvalue weighted by atomic mass is 16.5. The molecule has 58 valence electrons. The molecule has 0 aliphatic rings. The molecular formula is C8H11BO2. The van der Waals surface area contributed by atoms with Gasteiger partial charge in [0, 0.05) is 7.11 Å². The Morgan fingerprint density at radius 1 is 1.45 bits per heavy atom. The third kappa shape index (κ3) is 2.07. The summed E-state index contributed by atoms with van der Waals surface area (Å²) in [6, 6.07) is 7.61. The number of benzene rings is 1. The van der Waals surface area contributed by atoms with Crippen LogP contribution in [0.15, 0.2) is 24.3 Å². The van der Waals surface area contributed by atoms with Gasteiger partial charge in [-0.05, 0) is 12.4 Å². The van der Waals surface area contributed by atoms with Crippen LogP contribution in [-0.2, 0) is 4.65 Å². The first kappa shape index (κ1) is 8.30. The Hall–Kier alpha value is -0.795. The van der Waals surface area contributed by atoms with Gasteiger partial charge in [0.25, 0.3) is 0 Å². The van der Waals surface area contributed by atoms with E-state index in [1.807, 2.05) is 31.2 Å². The van der Waals surface area contributed by atoms with Gasteiger partial charge < -0.3 is 9.68 Å². The van der Waals surface area contributed by atoms with Crippen molar-refractivity contribution in [3.8, 4) is 0 Å². The quantitative estimate of drug-likeness (QED) is 0.615. The minimum atomic E-state index is -0.796. The molecule has 0 fully saturated rings. The maximum atomic E-state index is 9.23. The van der Waals surface area contributed by atoms with Gasteiger partial charge in [0.1, 0.15) is 0 Å². The zero-order chi connectivity index (χ0) is 8.27. The molecule has 11 heavy (non-hydrogen) atoms. The molecule has 0 heterocycles. The molecule has 0 unspecified atom stereocenters. The Balaban J connectivity index is 2.86. The molecule has 0 bridgehead atoms. The molecule has 0 amide bonds. The minimum absolute atomic E-state index is 0.796. The Labute approximate surface area is 67.0 Å². The van der Waals surface area contributed by atoms with E-state index in [4.69, 9.17) is 4.65 Å². The zero-order valence-corrected chi connectivity index (χ0v) is 6.74. The molecule has 0 aliphatic heterocycles. The fourth-order valence-corrected chi connectivity index (χ4v) is 0.960. The summed E-state index contributed by atoms with van der Waals surface area (Å²) in [5, 5.41) is 9.23. The van der Waals surface area contributed by atoms with Gasteiger partial charge in [-0.15, -0.1) is 0 Å². The van der Waals surface area contributed by atoms with Gasteiger partial charge >= 0.3 is 7.12 Å². The van der Waals surface area contributed by atoms with Crippen LogP contribution >= 0.6 is 0 Å². The first-order chi connectivity index (χ1) is 5.24. The molecule has 0 atom stereocenters. The van der Waals surface area contributed by atoms with E-state index in [-0.39, 0.29) is 0 Å². The monoisotopic (exact) mass is 150 g/mol. The average Bonchev–Trinajstić information content (AvgIpc) is 2.03. The summed E-state index contributed by atoms with van der Waals surface area (Å²) in [5.74, 6) is 0. The Morgan fingerprint density at radius 2 is 2.18 bits per heavy atom. The first-order valence-corrected chi connectivity index (χ1v) is 3.51. The molecule has 0 aromatic heterocycles. The first-order valence-electron chi connectivity index (χ1n) is 3.51. The summed E-state index contributed by atoms with van der Waals surface area (Å²) in [7, 11) is 0.683. The SMILES string of the molecule is COB(O)c1cccc(C)c1. The molecule has 0 spiro atoms. The van der Waals surface area contributed by atoms with Crippen LogP contribution in [0.25, 0.3) is 0 Å². The fourth-order valence-electron chi connectivity index (χ4n) is 0.960. The Morgan fingerprint density at radius 3 is 2.73 bits per heavy atom. The van der Waals surface area contributed by atoms with Crippen molar-refractivity contribution in [1.82, 2.24) is 0 Å². The van der Waals surface area contributed by atoms with Crippen molar-refractivity contribution in [1.29, 1.82) is 0 Å². The summed E-state index contributed by atoms with van der Waals surface area (Å²) in [5.41, 5.74) is 1.92. The van der Waals surface area contributed by atoms with Gasteiger partial charge in [-0.2, -0.15) is 0 Å². The normalized spacial score (nSPS) is 9.73. The second kappa shape index (κ2) is 3.55. The van der Waals surface area contributed by atoms with Crippen LogP contribution in [0.5, 0.6) is 0 Å². The second-order valence-corrected chi connectivity index (χ2v) is 2.50. The van der Waals surface area contributed by atoms with Gasteiger partial charge in [-0.1, -0.05) is 29.8 Å². The topological polar surface area (TPSA) is 29.5 Å². The maximum Gasteiger partial charge on any atom is 0.490 e. The predicted octanol–water partition coefficient (Wildman–Crippen LogP) is 0.329. The number of rotatable bonds is 2. The van der Waals surface area contributed by atoms with Gasteiger partial charge in [0.2, 0.25) is 0 Å². The summed E-state index contributed by atoms with van der Waals surface area (Å²) in [6.45, 7) is 1.98. The summed E-state index contributed by atoms with van der Waals surface area (Å²) in [4.78, 5) is 0. The van der Waals surface area contributed by atoms with Crippen molar-refractivity contribution in [3.63, 3.8) is 0 Å². The summed E-state index contributed by atoms with van der Waals surface area (Å²) >= 11 is 0. The van der Waals surface area contributed by atoms with E-state index in [1.54, 1.807) is 0 Å². The van der Waals surface area contributed by atoms with Gasteiger partial charge in [-0.3, -0.25) is 0 Å². The maximum absolute atomic E-state index is 9.23. The van der Waals surface area contributed by atoms with E-state index in [2.05, 4.69) is 0 Å². The summed E-state index contributed by atoms with van der Waals surface area (Å²) < 4.78 is 4.75. The van der Waals surface area contributed by atoms with Gasteiger partial charge in [0.15, 0.2) is 0 Å². The molecule has 1 aromatic carbocycles. The van der Waals surface area contributed by atoms with Crippen LogP contribution in [-0.4, -0.2) is 19.3 Å². The highest BCUT2D eigenvalue weighted by Crippen LogP contribution is 1.93. The number of hydrogen-bond donors (Lipinski definition) is 1. The number of hydrogen-bond acceptors (Lipinski definition) is 2. The molecule has 1 N–H and O–H groups in total. The van der Waals surface area contributed by atoms with Crippen molar-refractivity contribution in [2.45, 2.75) is 6.92 Å². The third-order valence-electron chi connectivity index (χ3n) is 1.55. The lowest BCUT2D eigenvalue weighted by molar-refractivity contribution is 0.341. The predicted molar refractivity (Wildman–Crippen MR) is 45.8 cm³/mol. The molecule has 2 nitrogen and oxygen atoms in total. The average molecular weight is 150 g/mol. The highest BCUT2D eigenvalue weighted by molar-refractivity contribution is 6.59. The molecule has 0 saturated heterocycles. The van der Waals surface area contributed by atoms with Crippen LogP contribution in [0.1, 0.15) is 5.56 Å². The van der Waals surface area contributed by atoms with Crippen LogP contribution in [0, 0.1) is 6.92 Å². The largest absolute Gasteiger partial charge is 0.490 e. The number of aryl methyl sites for hydroxylation is 1. The van der Waals surface area contributed by atoms with Crippen molar-refractivity contribution in [3.05, 3.63) is 29.8 Å². The lowest BCUT2D eigenvalue weighted by atomic mass is 9.79. The smallest absolute Gasteiger partial charge is 0.423 e. The molecule has 1 rings (SSSR count). The Bertz CT molecular complexity index is 237. The summed E-state index contributed by atoms with van der Waals surface area (Å²) in [6.07, 6.45) is 0. The third-order valence-corrected chi connectivity index (χ3v) is 1.55. The van der Waals surface area contributed by atoms with Gasteiger partial charge in [-0.25, -0.2) is 0 Å². The molecule has 0 radical (unpaired) electrons. The highest BCUT2D eigenvalue weighted by Gasteiger charge is 2.12. The van der Waals surface area contributed by atoms with Crippen molar-refractivity contribution in [2.75, 3.05) is 7.11 Å². The van der Waals surface area contributed by atoms with Crippen molar-refractivity contribution in [2.24, 2.45) is 0 Å². The van der Waals surface area contributed by atoms with E-state index >= 15 is 0 Å². The van der Waals surface area contributed by atoms with E-state index in [1.165, 1.54) is 7.11 Å². The fraction of sp³-hybridized carbons (Fsp3) is 0.250. The lowest BCUT2D eigenvalue weighted by Crippen LogP contribution is -2.32. The van der Waals surface area contributed by atoms with E-state index < -0.39 is 7.12 Å². The van der Waals surface area contributed by atoms with Crippen molar-refractivity contribution < 1.29 is 9.68 Å². The van der Waals surface area contributed by atoms with Crippen LogP contribution in [0.4, 0.5) is 0 Å². The van der Waals surface area contributed by atoms with E-state index in [0.29, 0.717) is 0 Å². The second-order valence-electron chi connectivity index (χ2n) is 2.50. The molecule has 1 aromatic rings. The molecule has 0 saturated carbocycles. The zero-order valence-electron chi connectivity index (χ0n) is 6.74. The van der Waals surface area contributed by atoms with E-state index in [9.17, 15) is 5.02 Å². The molecular weight excluding hydrogens is 139 g/mol. The van der Waals surface area contributed by atoms with Crippen molar-refractivity contribution >= 4 is 12.6 Å². The minimum Gasteiger partial charge on any atom is -0.423 e. The standard InChI is InChI=1S/C8H11BO2/c1-7-4-3-5-8(6-7)9(10)11-2/h3-6,10H,1-2H3. The molecule has 3 heteroatoms. The van der Waals surface area contributed by atoms with Crippen LogP contribution in [0.3, 0.4) is 0 Å². The van der Waals surface area contributed by atoms with Crippen LogP contribution in [0.2, 0.25) is 0 Å². The van der Waals surface area contributed by atoms with Gasteiger partial charge in [0.05, 0.1) is 0 Å². The van der Waals surface area contributed by atoms with Crippen LogP contribution < -0.4 is 5.46 Å². The van der Waals surface area contributed by atoms with E-state index in [0.717, 1.165) is 11.0 Å². The molecule has 0 aliphatic carbocycles. The lowest BCUT2D eigenvalue weighted by Gasteiger charge is -2.03.